The number of nitrogens with zero attached hydrogens (tertiary/aromatic N) is 6. The third kappa shape index (κ3) is 5.66. The van der Waals surface area contributed by atoms with Crippen LogP contribution in [0.5, 0.6) is 0 Å². The van der Waals surface area contributed by atoms with Gasteiger partial charge in [0.2, 0.25) is 5.91 Å². The number of carbonyl (C=O) groups is 1. The Morgan fingerprint density at radius 2 is 1.65 bits per heavy atom. The third-order valence-corrected chi connectivity index (χ3v) is 7.10. The zero-order valence-electron chi connectivity index (χ0n) is 21.9. The third-order valence-electron chi connectivity index (χ3n) is 7.10. The Balaban J connectivity index is 1.40. The van der Waals surface area contributed by atoms with Crippen LogP contribution < -0.4 is 4.90 Å². The smallest absolute Gasteiger partial charge is 0.222 e. The van der Waals surface area contributed by atoms with Gasteiger partial charge in [-0.15, -0.1) is 0 Å². The molecular formula is C30H36N6O. The summed E-state index contributed by atoms with van der Waals surface area (Å²) in [6.45, 7) is 7.33. The molecule has 7 heteroatoms. The highest BCUT2D eigenvalue weighted by Gasteiger charge is 2.25. The van der Waals surface area contributed by atoms with E-state index in [9.17, 15) is 4.79 Å². The Bertz CT molecular complexity index is 1330. The van der Waals surface area contributed by atoms with Gasteiger partial charge >= 0.3 is 0 Å². The zero-order valence-corrected chi connectivity index (χ0v) is 21.9. The molecule has 1 aliphatic rings. The van der Waals surface area contributed by atoms with Gasteiger partial charge in [-0.1, -0.05) is 61.9 Å². The van der Waals surface area contributed by atoms with Crippen molar-refractivity contribution in [1.29, 1.82) is 0 Å². The van der Waals surface area contributed by atoms with Crippen LogP contribution in [-0.4, -0.2) is 56.7 Å². The molecule has 2 aromatic heterocycles. The Hall–Kier alpha value is -3.74. The first-order valence-electron chi connectivity index (χ1n) is 13.5. The van der Waals surface area contributed by atoms with Crippen LogP contribution >= 0.6 is 0 Å². The van der Waals surface area contributed by atoms with Crippen LogP contribution in [0.25, 0.3) is 16.7 Å². The number of benzene rings is 2. The topological polar surface area (TPSA) is 67.2 Å². The van der Waals surface area contributed by atoms with E-state index in [4.69, 9.17) is 15.1 Å². The molecule has 2 aromatic carbocycles. The van der Waals surface area contributed by atoms with Gasteiger partial charge < -0.3 is 9.80 Å². The van der Waals surface area contributed by atoms with Crippen molar-refractivity contribution < 1.29 is 4.79 Å². The average Bonchev–Trinajstić information content (AvgIpc) is 3.10. The average molecular weight is 497 g/mol. The van der Waals surface area contributed by atoms with Crippen molar-refractivity contribution in [3.63, 3.8) is 0 Å². The summed E-state index contributed by atoms with van der Waals surface area (Å²) < 4.78 is 1.95. The predicted octanol–water partition coefficient (Wildman–Crippen LogP) is 5.14. The number of para-hydroxylation sites is 1. The SMILES string of the molecule is CCCCc1nc(N2CCCN(C(=O)CCc3ccccc3)CC2)c2c(C)nn(-c3ccccc3)c2n1. The summed E-state index contributed by atoms with van der Waals surface area (Å²) in [7, 11) is 0. The fraction of sp³-hybridized carbons (Fsp3) is 0.400. The van der Waals surface area contributed by atoms with Crippen molar-refractivity contribution in [3.8, 4) is 5.69 Å². The van der Waals surface area contributed by atoms with E-state index in [0.717, 1.165) is 85.8 Å². The number of unbranched alkanes of at least 4 members (excludes halogenated alkanes) is 1. The highest BCUT2D eigenvalue weighted by atomic mass is 16.2. The Labute approximate surface area is 219 Å². The number of hydrogen-bond donors (Lipinski definition) is 0. The second kappa shape index (κ2) is 11.5. The van der Waals surface area contributed by atoms with Gasteiger partial charge in [0, 0.05) is 39.0 Å². The van der Waals surface area contributed by atoms with E-state index < -0.39 is 0 Å². The molecule has 0 aliphatic carbocycles. The monoisotopic (exact) mass is 496 g/mol. The molecule has 0 atom stereocenters. The largest absolute Gasteiger partial charge is 0.354 e. The summed E-state index contributed by atoms with van der Waals surface area (Å²) in [6, 6.07) is 20.4. The summed E-state index contributed by atoms with van der Waals surface area (Å²) in [5.74, 6) is 2.05. The molecule has 5 rings (SSSR count). The maximum absolute atomic E-state index is 13.0. The zero-order chi connectivity index (χ0) is 25.6. The lowest BCUT2D eigenvalue weighted by Crippen LogP contribution is -2.35. The molecule has 1 saturated heterocycles. The van der Waals surface area contributed by atoms with E-state index in [1.54, 1.807) is 0 Å². The molecule has 0 radical (unpaired) electrons. The van der Waals surface area contributed by atoms with Crippen LogP contribution in [0.1, 0.15) is 49.7 Å². The van der Waals surface area contributed by atoms with Gasteiger partial charge in [0.05, 0.1) is 16.8 Å². The molecule has 3 heterocycles. The molecule has 0 saturated carbocycles. The van der Waals surface area contributed by atoms with Gasteiger partial charge in [0.15, 0.2) is 5.65 Å². The summed E-state index contributed by atoms with van der Waals surface area (Å²) in [6.07, 6.45) is 5.23. The highest BCUT2D eigenvalue weighted by molar-refractivity contribution is 5.91. The Morgan fingerprint density at radius 1 is 0.892 bits per heavy atom. The molecule has 4 aromatic rings. The summed E-state index contributed by atoms with van der Waals surface area (Å²) in [4.78, 5) is 27.5. The Kier molecular flexibility index (Phi) is 7.78. The number of rotatable bonds is 8. The molecule has 192 valence electrons. The summed E-state index contributed by atoms with van der Waals surface area (Å²) in [5, 5.41) is 5.89. The fourth-order valence-electron chi connectivity index (χ4n) is 5.06. The van der Waals surface area contributed by atoms with E-state index in [1.165, 1.54) is 5.56 Å². The number of anilines is 1. The molecular weight excluding hydrogens is 460 g/mol. The minimum absolute atomic E-state index is 0.232. The minimum Gasteiger partial charge on any atom is -0.354 e. The first-order valence-corrected chi connectivity index (χ1v) is 13.5. The van der Waals surface area contributed by atoms with Crippen LogP contribution in [-0.2, 0) is 17.6 Å². The van der Waals surface area contributed by atoms with E-state index in [-0.39, 0.29) is 5.91 Å². The van der Waals surface area contributed by atoms with Gasteiger partial charge in [-0.05, 0) is 43.9 Å². The predicted molar refractivity (Wildman–Crippen MR) is 148 cm³/mol. The fourth-order valence-corrected chi connectivity index (χ4v) is 5.06. The van der Waals surface area contributed by atoms with Crippen LogP contribution in [0, 0.1) is 6.92 Å². The van der Waals surface area contributed by atoms with Crippen LogP contribution in [0.3, 0.4) is 0 Å². The first kappa shape index (κ1) is 24.9. The van der Waals surface area contributed by atoms with Crippen molar-refractivity contribution in [3.05, 3.63) is 77.7 Å². The van der Waals surface area contributed by atoms with Gasteiger partial charge in [0.25, 0.3) is 0 Å². The number of aryl methyl sites for hydroxylation is 3. The lowest BCUT2D eigenvalue weighted by Gasteiger charge is -2.24. The second-order valence-electron chi connectivity index (χ2n) is 9.81. The lowest BCUT2D eigenvalue weighted by atomic mass is 10.1. The van der Waals surface area contributed by atoms with Crippen LogP contribution in [0.15, 0.2) is 60.7 Å². The summed E-state index contributed by atoms with van der Waals surface area (Å²) in [5.41, 5.74) is 4.00. The van der Waals surface area contributed by atoms with Gasteiger partial charge in [0.1, 0.15) is 11.6 Å². The van der Waals surface area contributed by atoms with Crippen LogP contribution in [0.2, 0.25) is 0 Å². The molecule has 0 unspecified atom stereocenters. The van der Waals surface area contributed by atoms with Gasteiger partial charge in [-0.2, -0.15) is 5.10 Å². The molecule has 1 aliphatic heterocycles. The number of fused-ring (bicyclic) bond motifs is 1. The lowest BCUT2D eigenvalue weighted by molar-refractivity contribution is -0.130. The number of amides is 1. The van der Waals surface area contributed by atoms with Crippen molar-refractivity contribution in [2.24, 2.45) is 0 Å². The molecule has 0 N–H and O–H groups in total. The molecule has 7 nitrogen and oxygen atoms in total. The quantitative estimate of drug-likeness (QED) is 0.338. The second-order valence-corrected chi connectivity index (χ2v) is 9.81. The highest BCUT2D eigenvalue weighted by Crippen LogP contribution is 2.30. The molecule has 0 spiro atoms. The Morgan fingerprint density at radius 3 is 2.41 bits per heavy atom. The summed E-state index contributed by atoms with van der Waals surface area (Å²) >= 11 is 0. The van der Waals surface area contributed by atoms with Gasteiger partial charge in [-0.3, -0.25) is 4.79 Å². The van der Waals surface area contributed by atoms with E-state index in [2.05, 4.69) is 36.1 Å². The van der Waals surface area contributed by atoms with E-state index >= 15 is 0 Å². The molecule has 0 bridgehead atoms. The maximum Gasteiger partial charge on any atom is 0.222 e. The normalized spacial score (nSPS) is 14.2. The molecule has 1 fully saturated rings. The van der Waals surface area contributed by atoms with E-state index in [1.807, 2.05) is 52.9 Å². The van der Waals surface area contributed by atoms with Crippen molar-refractivity contribution >= 4 is 22.8 Å². The van der Waals surface area contributed by atoms with Crippen LogP contribution in [0.4, 0.5) is 5.82 Å². The maximum atomic E-state index is 13.0. The van der Waals surface area contributed by atoms with Crippen molar-refractivity contribution in [2.45, 2.75) is 52.4 Å². The molecule has 37 heavy (non-hydrogen) atoms. The number of aromatic nitrogens is 4. The van der Waals surface area contributed by atoms with E-state index in [0.29, 0.717) is 13.0 Å². The van der Waals surface area contributed by atoms with Crippen molar-refractivity contribution in [1.82, 2.24) is 24.6 Å². The number of hydrogen-bond acceptors (Lipinski definition) is 5. The minimum atomic E-state index is 0.232. The standard InChI is InChI=1S/C30H36N6O/c1-3-4-16-26-31-29(28-23(2)33-36(30(28)32-26)25-14-9-6-10-15-25)35-20-11-19-34(21-22-35)27(37)18-17-24-12-7-5-8-13-24/h5-10,12-15H,3-4,11,16-22H2,1-2H3. The molecule has 1 amide bonds. The first-order chi connectivity index (χ1) is 18.1. The van der Waals surface area contributed by atoms with Gasteiger partial charge in [-0.25, -0.2) is 14.6 Å². The number of carbonyl (C=O) groups excluding carboxylic acids is 1. The van der Waals surface area contributed by atoms with Crippen molar-refractivity contribution in [2.75, 3.05) is 31.1 Å².